The van der Waals surface area contributed by atoms with Gasteiger partial charge in [0, 0.05) is 18.2 Å². The maximum Gasteiger partial charge on any atom is 0.328 e. The number of unbranched alkanes of at least 4 members (excludes halogenated alkanes) is 2. The molecule has 0 amide bonds. The first kappa shape index (κ1) is 15.4. The number of benzene rings is 1. The van der Waals surface area contributed by atoms with Crippen molar-refractivity contribution in [3.8, 4) is 0 Å². The molecule has 0 heterocycles. The highest BCUT2D eigenvalue weighted by atomic mass is 19.1. The summed E-state index contributed by atoms with van der Waals surface area (Å²) in [7, 11) is 0. The molecule has 0 saturated carbocycles. The zero-order valence-electron chi connectivity index (χ0n) is 11.1. The number of rotatable bonds is 8. The predicted octanol–water partition coefficient (Wildman–Crippen LogP) is 3.63. The minimum atomic E-state index is -1.05. The van der Waals surface area contributed by atoms with E-state index in [1.54, 1.807) is 12.1 Å². The van der Waals surface area contributed by atoms with Crippen molar-refractivity contribution >= 4 is 12.0 Å². The lowest BCUT2D eigenvalue weighted by Gasteiger charge is -2.06. The Bertz CT molecular complexity index is 441. The number of hydrogen-bond donors (Lipinski definition) is 1. The lowest BCUT2D eigenvalue weighted by atomic mass is 10.1. The zero-order valence-corrected chi connectivity index (χ0v) is 11.1. The van der Waals surface area contributed by atoms with E-state index in [2.05, 4.69) is 6.92 Å². The van der Waals surface area contributed by atoms with Gasteiger partial charge in [0.2, 0.25) is 0 Å². The second-order valence-electron chi connectivity index (χ2n) is 4.28. The van der Waals surface area contributed by atoms with Crippen LogP contribution in [0, 0.1) is 5.82 Å². The van der Waals surface area contributed by atoms with Gasteiger partial charge in [-0.2, -0.15) is 0 Å². The number of carboxylic acids is 1. The van der Waals surface area contributed by atoms with Gasteiger partial charge in [-0.15, -0.1) is 0 Å². The Labute approximate surface area is 112 Å². The van der Waals surface area contributed by atoms with Gasteiger partial charge in [-0.1, -0.05) is 31.9 Å². The molecule has 0 saturated heterocycles. The molecule has 1 aromatic carbocycles. The first-order valence-corrected chi connectivity index (χ1v) is 6.40. The molecular weight excluding hydrogens is 247 g/mol. The van der Waals surface area contributed by atoms with Crippen LogP contribution in [-0.2, 0) is 16.1 Å². The molecule has 0 fully saturated rings. The molecule has 0 aliphatic heterocycles. The molecule has 0 atom stereocenters. The van der Waals surface area contributed by atoms with Crippen molar-refractivity contribution in [2.45, 2.75) is 32.8 Å². The van der Waals surface area contributed by atoms with E-state index in [4.69, 9.17) is 9.84 Å². The fourth-order valence-corrected chi connectivity index (χ4v) is 1.59. The van der Waals surface area contributed by atoms with Crippen molar-refractivity contribution in [3.63, 3.8) is 0 Å². The molecule has 1 aromatic rings. The van der Waals surface area contributed by atoms with Crippen LogP contribution in [0.3, 0.4) is 0 Å². The maximum absolute atomic E-state index is 13.7. The smallest absolute Gasteiger partial charge is 0.328 e. The van der Waals surface area contributed by atoms with Gasteiger partial charge in [0.15, 0.2) is 0 Å². The van der Waals surface area contributed by atoms with Crippen molar-refractivity contribution in [1.82, 2.24) is 0 Å². The average molecular weight is 266 g/mol. The summed E-state index contributed by atoms with van der Waals surface area (Å²) in [5, 5.41) is 8.49. The molecule has 3 nitrogen and oxygen atoms in total. The summed E-state index contributed by atoms with van der Waals surface area (Å²) >= 11 is 0. The van der Waals surface area contributed by atoms with Crippen LogP contribution in [0.25, 0.3) is 6.08 Å². The quantitative estimate of drug-likeness (QED) is 0.577. The van der Waals surface area contributed by atoms with Gasteiger partial charge in [-0.3, -0.25) is 0 Å². The van der Waals surface area contributed by atoms with Gasteiger partial charge in [0.25, 0.3) is 0 Å². The fraction of sp³-hybridized carbons (Fsp3) is 0.400. The van der Waals surface area contributed by atoms with E-state index in [9.17, 15) is 9.18 Å². The lowest BCUT2D eigenvalue weighted by Crippen LogP contribution is -1.98. The minimum Gasteiger partial charge on any atom is -0.478 e. The normalized spacial score (nSPS) is 11.1. The molecule has 1 N–H and O–H groups in total. The average Bonchev–Trinajstić information content (AvgIpc) is 2.38. The summed E-state index contributed by atoms with van der Waals surface area (Å²) in [5.41, 5.74) is 1.01. The van der Waals surface area contributed by atoms with Gasteiger partial charge in [-0.05, 0) is 24.1 Å². The van der Waals surface area contributed by atoms with Gasteiger partial charge < -0.3 is 9.84 Å². The summed E-state index contributed by atoms with van der Waals surface area (Å²) in [6.45, 7) is 3.00. The van der Waals surface area contributed by atoms with E-state index in [1.165, 1.54) is 12.1 Å². The highest BCUT2D eigenvalue weighted by Crippen LogP contribution is 2.13. The summed E-state index contributed by atoms with van der Waals surface area (Å²) in [4.78, 5) is 10.4. The third-order valence-corrected chi connectivity index (χ3v) is 2.65. The Hall–Kier alpha value is -1.68. The first-order valence-electron chi connectivity index (χ1n) is 6.40. The largest absolute Gasteiger partial charge is 0.478 e. The van der Waals surface area contributed by atoms with Crippen LogP contribution in [0.4, 0.5) is 4.39 Å². The Kier molecular flexibility index (Phi) is 6.82. The summed E-state index contributed by atoms with van der Waals surface area (Å²) < 4.78 is 19.1. The Morgan fingerprint density at radius 3 is 2.84 bits per heavy atom. The SMILES string of the molecule is CCCCCOCc1ccc(C=CC(=O)O)cc1F. The molecule has 104 valence electrons. The Morgan fingerprint density at radius 1 is 1.42 bits per heavy atom. The minimum absolute atomic E-state index is 0.248. The van der Waals surface area contributed by atoms with E-state index in [0.29, 0.717) is 17.7 Å². The van der Waals surface area contributed by atoms with Crippen LogP contribution in [0.2, 0.25) is 0 Å². The number of carboxylic acid groups (broad SMARTS) is 1. The van der Waals surface area contributed by atoms with Crippen LogP contribution in [-0.4, -0.2) is 17.7 Å². The number of ether oxygens (including phenoxy) is 1. The summed E-state index contributed by atoms with van der Waals surface area (Å²) in [6.07, 6.45) is 5.56. The lowest BCUT2D eigenvalue weighted by molar-refractivity contribution is -0.131. The van der Waals surface area contributed by atoms with Crippen LogP contribution in [0.5, 0.6) is 0 Å². The Balaban J connectivity index is 2.50. The third kappa shape index (κ3) is 6.15. The monoisotopic (exact) mass is 266 g/mol. The highest BCUT2D eigenvalue weighted by molar-refractivity contribution is 5.85. The van der Waals surface area contributed by atoms with Crippen LogP contribution >= 0.6 is 0 Å². The second-order valence-corrected chi connectivity index (χ2v) is 4.28. The van der Waals surface area contributed by atoms with Gasteiger partial charge in [-0.25, -0.2) is 9.18 Å². The van der Waals surface area contributed by atoms with Crippen LogP contribution < -0.4 is 0 Å². The van der Waals surface area contributed by atoms with Crippen molar-refractivity contribution in [1.29, 1.82) is 0 Å². The van der Waals surface area contributed by atoms with Gasteiger partial charge in [0.1, 0.15) is 5.82 Å². The Morgan fingerprint density at radius 2 is 2.21 bits per heavy atom. The van der Waals surface area contributed by atoms with Crippen molar-refractivity contribution in [3.05, 3.63) is 41.2 Å². The van der Waals surface area contributed by atoms with Crippen LogP contribution in [0.1, 0.15) is 37.3 Å². The third-order valence-electron chi connectivity index (χ3n) is 2.65. The number of carbonyl (C=O) groups is 1. The molecule has 0 unspecified atom stereocenters. The second kappa shape index (κ2) is 8.43. The molecule has 0 aromatic heterocycles. The summed E-state index contributed by atoms with van der Waals surface area (Å²) in [5.74, 6) is -1.42. The molecule has 0 spiro atoms. The molecule has 0 aliphatic carbocycles. The molecule has 4 heteroatoms. The number of aliphatic carboxylic acids is 1. The molecule has 19 heavy (non-hydrogen) atoms. The van der Waals surface area contributed by atoms with E-state index < -0.39 is 5.97 Å². The zero-order chi connectivity index (χ0) is 14.1. The molecule has 1 rings (SSSR count). The first-order chi connectivity index (χ1) is 9.13. The van der Waals surface area contributed by atoms with Crippen molar-refractivity contribution in [2.24, 2.45) is 0 Å². The highest BCUT2D eigenvalue weighted by Gasteiger charge is 2.03. The number of halogens is 1. The molecule has 0 bridgehead atoms. The van der Waals surface area contributed by atoms with E-state index >= 15 is 0 Å². The van der Waals surface area contributed by atoms with Gasteiger partial charge in [0.05, 0.1) is 6.61 Å². The number of hydrogen-bond acceptors (Lipinski definition) is 2. The summed E-state index contributed by atoms with van der Waals surface area (Å²) in [6, 6.07) is 4.61. The van der Waals surface area contributed by atoms with E-state index in [-0.39, 0.29) is 12.4 Å². The maximum atomic E-state index is 13.7. The molecule has 0 aliphatic rings. The van der Waals surface area contributed by atoms with Crippen LogP contribution in [0.15, 0.2) is 24.3 Å². The topological polar surface area (TPSA) is 46.5 Å². The molecular formula is C15H19FO3. The van der Waals surface area contributed by atoms with E-state index in [0.717, 1.165) is 25.3 Å². The van der Waals surface area contributed by atoms with Crippen molar-refractivity contribution < 1.29 is 19.0 Å². The standard InChI is InChI=1S/C15H19FO3/c1-2-3-4-9-19-11-13-7-5-12(10-14(13)16)6-8-15(17)18/h5-8,10H,2-4,9,11H2,1H3,(H,17,18). The van der Waals surface area contributed by atoms with Gasteiger partial charge >= 0.3 is 5.97 Å². The molecule has 0 radical (unpaired) electrons. The predicted molar refractivity (Wildman–Crippen MR) is 72.3 cm³/mol. The van der Waals surface area contributed by atoms with Crippen molar-refractivity contribution in [2.75, 3.05) is 6.61 Å². The fourth-order valence-electron chi connectivity index (χ4n) is 1.59. The van der Waals surface area contributed by atoms with E-state index in [1.807, 2.05) is 0 Å².